The largest absolute Gasteiger partial charge is 0.484 e. The van der Waals surface area contributed by atoms with Gasteiger partial charge < -0.3 is 15.0 Å². The third-order valence-corrected chi connectivity index (χ3v) is 2.58. The first-order valence-electron chi connectivity index (χ1n) is 6.16. The number of nitrogens with zero attached hydrogens (tertiary/aromatic N) is 2. The molecule has 2 heterocycles. The Balaban J connectivity index is 2.20. The maximum Gasteiger partial charge on any atom is 0.171 e. The molecule has 0 unspecified atom stereocenters. The fourth-order valence-corrected chi connectivity index (χ4v) is 1.91. The van der Waals surface area contributed by atoms with E-state index in [1.165, 1.54) is 0 Å². The molecule has 4 nitrogen and oxygen atoms in total. The minimum absolute atomic E-state index is 0.189. The highest BCUT2D eigenvalue weighted by Gasteiger charge is 2.19. The molecule has 1 N–H and O–H groups in total. The van der Waals surface area contributed by atoms with Crippen LogP contribution in [-0.4, -0.2) is 36.8 Å². The summed E-state index contributed by atoms with van der Waals surface area (Å²) >= 11 is 0. The second kappa shape index (κ2) is 4.92. The van der Waals surface area contributed by atoms with E-state index >= 15 is 0 Å². The van der Waals surface area contributed by atoms with Crippen molar-refractivity contribution in [2.24, 2.45) is 0 Å². The summed E-state index contributed by atoms with van der Waals surface area (Å²) in [6.07, 6.45) is 1.83. The van der Waals surface area contributed by atoms with Crippen molar-refractivity contribution in [2.75, 3.05) is 31.1 Å². The van der Waals surface area contributed by atoms with Crippen molar-refractivity contribution in [3.8, 4) is 5.75 Å². The van der Waals surface area contributed by atoms with Gasteiger partial charge in [-0.2, -0.15) is 0 Å². The van der Waals surface area contributed by atoms with Crippen molar-refractivity contribution in [1.82, 2.24) is 10.3 Å². The number of pyridine rings is 1. The van der Waals surface area contributed by atoms with E-state index in [0.29, 0.717) is 0 Å². The first-order valence-corrected chi connectivity index (χ1v) is 6.16. The summed E-state index contributed by atoms with van der Waals surface area (Å²) in [6, 6.07) is 3.92. The molecule has 0 atom stereocenters. The predicted molar refractivity (Wildman–Crippen MR) is 69.7 cm³/mol. The highest BCUT2D eigenvalue weighted by atomic mass is 16.5. The van der Waals surface area contributed by atoms with Gasteiger partial charge in [-0.3, -0.25) is 0 Å². The molecule has 1 fully saturated rings. The molecule has 0 radical (unpaired) electrons. The van der Waals surface area contributed by atoms with Gasteiger partial charge in [0.2, 0.25) is 0 Å². The molecule has 0 aromatic carbocycles. The summed E-state index contributed by atoms with van der Waals surface area (Å²) in [4.78, 5) is 6.74. The Morgan fingerprint density at radius 1 is 1.29 bits per heavy atom. The molecule has 1 aromatic rings. The summed E-state index contributed by atoms with van der Waals surface area (Å²) in [5, 5.41) is 3.34. The van der Waals surface area contributed by atoms with Gasteiger partial charge in [0.1, 0.15) is 5.60 Å². The number of rotatable bonds is 2. The van der Waals surface area contributed by atoms with Gasteiger partial charge in [0, 0.05) is 32.4 Å². The van der Waals surface area contributed by atoms with E-state index in [2.05, 4.69) is 36.0 Å². The smallest absolute Gasteiger partial charge is 0.171 e. The van der Waals surface area contributed by atoms with Gasteiger partial charge in [-0.1, -0.05) is 0 Å². The molecule has 94 valence electrons. The lowest BCUT2D eigenvalue weighted by Gasteiger charge is -2.31. The Kier molecular flexibility index (Phi) is 3.52. The van der Waals surface area contributed by atoms with E-state index < -0.39 is 0 Å². The maximum absolute atomic E-state index is 5.96. The van der Waals surface area contributed by atoms with E-state index in [4.69, 9.17) is 4.74 Å². The lowest BCUT2D eigenvalue weighted by atomic mass is 10.2. The van der Waals surface area contributed by atoms with Crippen molar-refractivity contribution in [1.29, 1.82) is 0 Å². The van der Waals surface area contributed by atoms with Gasteiger partial charge in [-0.15, -0.1) is 0 Å². The normalized spacial score (nSPS) is 17.0. The number of hydrogen-bond donors (Lipinski definition) is 1. The average molecular weight is 235 g/mol. The quantitative estimate of drug-likeness (QED) is 0.846. The van der Waals surface area contributed by atoms with Crippen molar-refractivity contribution in [3.63, 3.8) is 0 Å². The molecular weight excluding hydrogens is 214 g/mol. The van der Waals surface area contributed by atoms with Crippen LogP contribution in [0.1, 0.15) is 20.8 Å². The second-order valence-electron chi connectivity index (χ2n) is 5.28. The zero-order chi connectivity index (χ0) is 12.3. The van der Waals surface area contributed by atoms with Crippen molar-refractivity contribution < 1.29 is 4.74 Å². The fourth-order valence-electron chi connectivity index (χ4n) is 1.91. The summed E-state index contributed by atoms with van der Waals surface area (Å²) in [5.41, 5.74) is -0.189. The topological polar surface area (TPSA) is 37.4 Å². The van der Waals surface area contributed by atoms with E-state index in [0.717, 1.165) is 37.7 Å². The van der Waals surface area contributed by atoms with Crippen LogP contribution in [0.4, 0.5) is 5.82 Å². The van der Waals surface area contributed by atoms with Gasteiger partial charge in [-0.25, -0.2) is 4.98 Å². The van der Waals surface area contributed by atoms with E-state index in [1.807, 2.05) is 18.3 Å². The van der Waals surface area contributed by atoms with Crippen LogP contribution < -0.4 is 15.0 Å². The molecule has 1 aliphatic rings. The standard InChI is InChI=1S/C13H21N3O/c1-13(2,3)17-11-5-4-6-15-12(11)16-9-7-14-8-10-16/h4-6,14H,7-10H2,1-3H3. The number of aromatic nitrogens is 1. The molecule has 0 saturated carbocycles. The third kappa shape index (κ3) is 3.33. The molecule has 0 amide bonds. The van der Waals surface area contributed by atoms with Gasteiger partial charge in [0.15, 0.2) is 11.6 Å². The number of piperazine rings is 1. The Morgan fingerprint density at radius 3 is 2.65 bits per heavy atom. The monoisotopic (exact) mass is 235 g/mol. The Hall–Kier alpha value is -1.29. The molecule has 0 bridgehead atoms. The molecule has 4 heteroatoms. The average Bonchev–Trinajstić information content (AvgIpc) is 2.29. The molecule has 0 spiro atoms. The third-order valence-electron chi connectivity index (χ3n) is 2.58. The van der Waals surface area contributed by atoms with E-state index in [1.54, 1.807) is 0 Å². The fraction of sp³-hybridized carbons (Fsp3) is 0.615. The van der Waals surface area contributed by atoms with Crippen LogP contribution >= 0.6 is 0 Å². The molecule has 0 aliphatic carbocycles. The van der Waals surface area contributed by atoms with Gasteiger partial charge >= 0.3 is 0 Å². The van der Waals surface area contributed by atoms with E-state index in [-0.39, 0.29) is 5.60 Å². The van der Waals surface area contributed by atoms with Gasteiger partial charge in [-0.05, 0) is 32.9 Å². The number of anilines is 1. The predicted octanol–water partition coefficient (Wildman–Crippen LogP) is 1.67. The number of hydrogen-bond acceptors (Lipinski definition) is 4. The highest BCUT2D eigenvalue weighted by molar-refractivity contribution is 5.52. The molecule has 1 aromatic heterocycles. The minimum Gasteiger partial charge on any atom is -0.484 e. The van der Waals surface area contributed by atoms with Crippen LogP contribution in [0.2, 0.25) is 0 Å². The lowest BCUT2D eigenvalue weighted by Crippen LogP contribution is -2.44. The number of ether oxygens (including phenoxy) is 1. The van der Waals surface area contributed by atoms with Gasteiger partial charge in [0.05, 0.1) is 0 Å². The maximum atomic E-state index is 5.96. The minimum atomic E-state index is -0.189. The summed E-state index contributed by atoms with van der Waals surface area (Å²) in [6.45, 7) is 10.1. The zero-order valence-corrected chi connectivity index (χ0v) is 10.9. The Labute approximate surface area is 103 Å². The van der Waals surface area contributed by atoms with Crippen LogP contribution in [0.15, 0.2) is 18.3 Å². The Morgan fingerprint density at radius 2 is 2.00 bits per heavy atom. The molecule has 2 rings (SSSR count). The SMILES string of the molecule is CC(C)(C)Oc1cccnc1N1CCNCC1. The summed E-state index contributed by atoms with van der Waals surface area (Å²) in [5.74, 6) is 1.84. The first-order chi connectivity index (χ1) is 8.06. The molecule has 1 aliphatic heterocycles. The molecule has 17 heavy (non-hydrogen) atoms. The van der Waals surface area contributed by atoms with Crippen LogP contribution in [0.5, 0.6) is 5.75 Å². The number of nitrogens with one attached hydrogen (secondary N) is 1. The lowest BCUT2D eigenvalue weighted by molar-refractivity contribution is 0.131. The van der Waals surface area contributed by atoms with Crippen LogP contribution in [-0.2, 0) is 0 Å². The van der Waals surface area contributed by atoms with Crippen LogP contribution in [0.3, 0.4) is 0 Å². The first kappa shape index (κ1) is 12.2. The summed E-state index contributed by atoms with van der Waals surface area (Å²) in [7, 11) is 0. The van der Waals surface area contributed by atoms with Crippen molar-refractivity contribution >= 4 is 5.82 Å². The second-order valence-corrected chi connectivity index (χ2v) is 5.28. The molecule has 1 saturated heterocycles. The Bertz CT molecular complexity index is 367. The van der Waals surface area contributed by atoms with Gasteiger partial charge in [0.25, 0.3) is 0 Å². The summed E-state index contributed by atoms with van der Waals surface area (Å²) < 4.78 is 5.96. The highest BCUT2D eigenvalue weighted by Crippen LogP contribution is 2.28. The van der Waals surface area contributed by atoms with E-state index in [9.17, 15) is 0 Å². The van der Waals surface area contributed by atoms with Crippen molar-refractivity contribution in [3.05, 3.63) is 18.3 Å². The zero-order valence-electron chi connectivity index (χ0n) is 10.9. The van der Waals surface area contributed by atoms with Crippen LogP contribution in [0.25, 0.3) is 0 Å². The van der Waals surface area contributed by atoms with Crippen molar-refractivity contribution in [2.45, 2.75) is 26.4 Å². The molecular formula is C13H21N3O. The van der Waals surface area contributed by atoms with Crippen LogP contribution in [0, 0.1) is 0 Å².